The molecule has 0 aliphatic carbocycles. The number of allylic oxidation sites excluding steroid dienone is 2. The SMILES string of the molecule is CC1=C2C=C(I)N=CN2NN1. The van der Waals surface area contributed by atoms with Crippen molar-refractivity contribution in [2.45, 2.75) is 6.92 Å². The molecule has 0 radical (unpaired) electrons. The monoisotopic (exact) mass is 262 g/mol. The fourth-order valence-corrected chi connectivity index (χ4v) is 1.40. The Morgan fingerprint density at radius 3 is 3.27 bits per heavy atom. The predicted molar refractivity (Wildman–Crippen MR) is 51.4 cm³/mol. The lowest BCUT2D eigenvalue weighted by molar-refractivity contribution is 0.395. The van der Waals surface area contributed by atoms with Crippen LogP contribution in [0.2, 0.25) is 0 Å². The molecular formula is C6H7IN4. The Balaban J connectivity index is 2.40. The van der Waals surface area contributed by atoms with Gasteiger partial charge in [0.25, 0.3) is 0 Å². The van der Waals surface area contributed by atoms with Gasteiger partial charge in [0, 0.05) is 0 Å². The third-order valence-corrected chi connectivity index (χ3v) is 2.15. The van der Waals surface area contributed by atoms with E-state index >= 15 is 0 Å². The van der Waals surface area contributed by atoms with Crippen LogP contribution < -0.4 is 11.0 Å². The van der Waals surface area contributed by atoms with Gasteiger partial charge in [0.2, 0.25) is 0 Å². The maximum absolute atomic E-state index is 4.12. The maximum atomic E-state index is 4.12. The molecule has 0 aromatic rings. The Morgan fingerprint density at radius 2 is 2.45 bits per heavy atom. The van der Waals surface area contributed by atoms with Gasteiger partial charge in [-0.05, 0) is 35.6 Å². The Bertz CT molecular complexity index is 278. The second-order valence-corrected chi connectivity index (χ2v) is 3.43. The molecule has 2 N–H and O–H groups in total. The van der Waals surface area contributed by atoms with Gasteiger partial charge in [-0.25, -0.2) is 10.0 Å². The molecule has 0 atom stereocenters. The summed E-state index contributed by atoms with van der Waals surface area (Å²) in [6, 6.07) is 0. The van der Waals surface area contributed by atoms with Crippen LogP contribution in [0.4, 0.5) is 0 Å². The molecular weight excluding hydrogens is 255 g/mol. The van der Waals surface area contributed by atoms with Crippen molar-refractivity contribution >= 4 is 28.9 Å². The Kier molecular flexibility index (Phi) is 1.61. The summed E-state index contributed by atoms with van der Waals surface area (Å²) in [5, 5.41) is 1.84. The zero-order chi connectivity index (χ0) is 7.84. The Labute approximate surface area is 78.1 Å². The molecule has 0 aromatic heterocycles. The van der Waals surface area contributed by atoms with Crippen LogP contribution >= 0.6 is 22.6 Å². The molecule has 0 bridgehead atoms. The van der Waals surface area contributed by atoms with Crippen molar-refractivity contribution in [1.29, 1.82) is 0 Å². The van der Waals surface area contributed by atoms with Crippen molar-refractivity contribution in [3.8, 4) is 0 Å². The lowest BCUT2D eigenvalue weighted by atomic mass is 10.3. The largest absolute Gasteiger partial charge is 0.306 e. The minimum atomic E-state index is 0.999. The summed E-state index contributed by atoms with van der Waals surface area (Å²) in [5.41, 5.74) is 8.18. The second-order valence-electron chi connectivity index (χ2n) is 2.33. The van der Waals surface area contributed by atoms with E-state index in [9.17, 15) is 0 Å². The molecule has 2 heterocycles. The van der Waals surface area contributed by atoms with Gasteiger partial charge in [0.05, 0.1) is 11.4 Å². The number of rotatable bonds is 0. The first-order chi connectivity index (χ1) is 5.27. The zero-order valence-corrected chi connectivity index (χ0v) is 8.08. The van der Waals surface area contributed by atoms with Gasteiger partial charge >= 0.3 is 0 Å². The van der Waals surface area contributed by atoms with Crippen LogP contribution in [0.5, 0.6) is 0 Å². The van der Waals surface area contributed by atoms with Crippen molar-refractivity contribution in [3.63, 3.8) is 0 Å². The van der Waals surface area contributed by atoms with Gasteiger partial charge in [0.1, 0.15) is 10.0 Å². The fraction of sp³-hybridized carbons (Fsp3) is 0.167. The number of hydrazine groups is 2. The van der Waals surface area contributed by atoms with Gasteiger partial charge in [0.15, 0.2) is 0 Å². The number of halogens is 1. The van der Waals surface area contributed by atoms with Crippen LogP contribution in [-0.4, -0.2) is 11.3 Å². The molecule has 5 heteroatoms. The first kappa shape index (κ1) is 7.11. The van der Waals surface area contributed by atoms with E-state index in [1.165, 1.54) is 0 Å². The summed E-state index contributed by atoms with van der Waals surface area (Å²) in [4.78, 5) is 4.12. The summed E-state index contributed by atoms with van der Waals surface area (Å²) in [6.07, 6.45) is 3.77. The Hall–Kier alpha value is -0.560. The molecule has 58 valence electrons. The van der Waals surface area contributed by atoms with E-state index in [4.69, 9.17) is 0 Å². The molecule has 0 aromatic carbocycles. The van der Waals surface area contributed by atoms with Crippen molar-refractivity contribution in [2.75, 3.05) is 0 Å². The summed E-state index contributed by atoms with van der Waals surface area (Å²) in [7, 11) is 0. The van der Waals surface area contributed by atoms with Gasteiger partial charge in [-0.3, -0.25) is 0 Å². The molecule has 0 amide bonds. The van der Waals surface area contributed by atoms with Crippen LogP contribution in [0.15, 0.2) is 26.2 Å². The smallest absolute Gasteiger partial charge is 0.113 e. The second kappa shape index (κ2) is 2.49. The van der Waals surface area contributed by atoms with E-state index in [1.807, 2.05) is 18.0 Å². The van der Waals surface area contributed by atoms with Crippen molar-refractivity contribution in [3.05, 3.63) is 21.2 Å². The van der Waals surface area contributed by atoms with Crippen LogP contribution in [0.3, 0.4) is 0 Å². The molecule has 0 spiro atoms. The van der Waals surface area contributed by atoms with Gasteiger partial charge in [-0.1, -0.05) is 0 Å². The summed E-state index contributed by atoms with van der Waals surface area (Å²) >= 11 is 2.19. The van der Waals surface area contributed by atoms with E-state index in [0.29, 0.717) is 0 Å². The first-order valence-electron chi connectivity index (χ1n) is 3.20. The minimum Gasteiger partial charge on any atom is -0.306 e. The van der Waals surface area contributed by atoms with Gasteiger partial charge in [-0.2, -0.15) is 0 Å². The van der Waals surface area contributed by atoms with Crippen molar-refractivity contribution in [1.82, 2.24) is 16.0 Å². The van der Waals surface area contributed by atoms with Crippen LogP contribution in [0.25, 0.3) is 0 Å². The molecule has 11 heavy (non-hydrogen) atoms. The average Bonchev–Trinajstić information content (AvgIpc) is 2.33. The lowest BCUT2D eigenvalue weighted by Crippen LogP contribution is -2.37. The minimum absolute atomic E-state index is 0.999. The molecule has 0 saturated carbocycles. The number of nitrogens with zero attached hydrogens (tertiary/aromatic N) is 2. The van der Waals surface area contributed by atoms with E-state index < -0.39 is 0 Å². The average molecular weight is 262 g/mol. The normalized spacial score (nSPS) is 21.6. The molecule has 0 saturated heterocycles. The van der Waals surface area contributed by atoms with E-state index in [1.54, 1.807) is 6.34 Å². The molecule has 2 rings (SSSR count). The topological polar surface area (TPSA) is 39.7 Å². The highest BCUT2D eigenvalue weighted by Gasteiger charge is 2.18. The van der Waals surface area contributed by atoms with Crippen molar-refractivity contribution in [2.24, 2.45) is 4.99 Å². The van der Waals surface area contributed by atoms with E-state index in [2.05, 4.69) is 38.5 Å². The molecule has 0 fully saturated rings. The number of hydrogen-bond acceptors (Lipinski definition) is 4. The highest BCUT2D eigenvalue weighted by atomic mass is 127. The van der Waals surface area contributed by atoms with Crippen LogP contribution in [0, 0.1) is 0 Å². The lowest BCUT2D eigenvalue weighted by Gasteiger charge is -2.15. The number of aliphatic imine (C=N–C) groups is 1. The Morgan fingerprint density at radius 1 is 1.64 bits per heavy atom. The number of hydrogen-bond donors (Lipinski definition) is 2. The van der Waals surface area contributed by atoms with Crippen LogP contribution in [-0.2, 0) is 0 Å². The number of nitrogens with one attached hydrogen (secondary N) is 2. The fourth-order valence-electron chi connectivity index (χ4n) is 0.981. The molecule has 0 unspecified atom stereocenters. The van der Waals surface area contributed by atoms with E-state index in [-0.39, 0.29) is 0 Å². The maximum Gasteiger partial charge on any atom is 0.113 e. The van der Waals surface area contributed by atoms with Gasteiger partial charge < -0.3 is 5.43 Å². The summed E-state index contributed by atoms with van der Waals surface area (Å²) in [6.45, 7) is 2.02. The number of fused-ring (bicyclic) bond motifs is 1. The summed E-state index contributed by atoms with van der Waals surface area (Å²) in [5.74, 6) is 0. The zero-order valence-electron chi connectivity index (χ0n) is 5.93. The molecule has 2 aliphatic rings. The first-order valence-corrected chi connectivity index (χ1v) is 4.28. The summed E-state index contributed by atoms with van der Waals surface area (Å²) < 4.78 is 0.999. The highest BCUT2D eigenvalue weighted by molar-refractivity contribution is 14.1. The third-order valence-electron chi connectivity index (χ3n) is 1.56. The molecule has 4 nitrogen and oxygen atoms in total. The quantitative estimate of drug-likeness (QED) is 0.502. The van der Waals surface area contributed by atoms with Gasteiger partial charge in [-0.15, -0.1) is 5.53 Å². The molecule has 2 aliphatic heterocycles. The standard InChI is InChI=1S/C6H7IN4/c1-4-5-2-6(7)8-3-11(5)10-9-4/h2-3,9-10H,1H3. The highest BCUT2D eigenvalue weighted by Crippen LogP contribution is 2.21. The van der Waals surface area contributed by atoms with E-state index in [0.717, 1.165) is 15.1 Å². The van der Waals surface area contributed by atoms with Crippen molar-refractivity contribution < 1.29 is 0 Å². The van der Waals surface area contributed by atoms with Crippen LogP contribution in [0.1, 0.15) is 6.92 Å². The predicted octanol–water partition coefficient (Wildman–Crippen LogP) is 0.861. The third kappa shape index (κ3) is 1.14.